The fourth-order valence-electron chi connectivity index (χ4n) is 2.17. The van der Waals surface area contributed by atoms with E-state index in [-0.39, 0.29) is 11.9 Å². The SMILES string of the molecule is COCCNc1nc(C)cn1C(C)c1ccccc1F. The number of aryl methyl sites for hydroxylation is 1. The average Bonchev–Trinajstić information content (AvgIpc) is 2.80. The molecule has 108 valence electrons. The minimum atomic E-state index is -0.200. The molecule has 0 aliphatic rings. The van der Waals surface area contributed by atoms with Crippen LogP contribution >= 0.6 is 0 Å². The van der Waals surface area contributed by atoms with Gasteiger partial charge in [0.1, 0.15) is 5.82 Å². The minimum Gasteiger partial charge on any atom is -0.383 e. The van der Waals surface area contributed by atoms with E-state index in [4.69, 9.17) is 4.74 Å². The first-order valence-corrected chi connectivity index (χ1v) is 6.66. The van der Waals surface area contributed by atoms with Gasteiger partial charge in [-0.2, -0.15) is 0 Å². The van der Waals surface area contributed by atoms with E-state index in [9.17, 15) is 4.39 Å². The number of aromatic nitrogens is 2. The average molecular weight is 277 g/mol. The van der Waals surface area contributed by atoms with E-state index < -0.39 is 0 Å². The van der Waals surface area contributed by atoms with E-state index >= 15 is 0 Å². The molecule has 0 fully saturated rings. The lowest BCUT2D eigenvalue weighted by molar-refractivity contribution is 0.210. The number of halogens is 1. The summed E-state index contributed by atoms with van der Waals surface area (Å²) < 4.78 is 20.9. The predicted octanol–water partition coefficient (Wildman–Crippen LogP) is 3.00. The third kappa shape index (κ3) is 3.17. The molecule has 0 amide bonds. The highest BCUT2D eigenvalue weighted by molar-refractivity contribution is 5.33. The molecule has 0 bridgehead atoms. The normalized spacial score (nSPS) is 12.4. The number of benzene rings is 1. The number of nitrogens with one attached hydrogen (secondary N) is 1. The summed E-state index contributed by atoms with van der Waals surface area (Å²) in [5.41, 5.74) is 1.55. The number of hydrogen-bond donors (Lipinski definition) is 1. The third-order valence-electron chi connectivity index (χ3n) is 3.21. The zero-order valence-electron chi connectivity index (χ0n) is 12.1. The Morgan fingerprint density at radius 2 is 2.15 bits per heavy atom. The van der Waals surface area contributed by atoms with Gasteiger partial charge >= 0.3 is 0 Å². The minimum absolute atomic E-state index is 0.123. The zero-order valence-corrected chi connectivity index (χ0v) is 12.1. The molecule has 0 aliphatic heterocycles. The van der Waals surface area contributed by atoms with Crippen molar-refractivity contribution in [2.75, 3.05) is 25.6 Å². The van der Waals surface area contributed by atoms with Crippen LogP contribution in [0.2, 0.25) is 0 Å². The number of methoxy groups -OCH3 is 1. The van der Waals surface area contributed by atoms with Crippen LogP contribution < -0.4 is 5.32 Å². The lowest BCUT2D eigenvalue weighted by atomic mass is 10.1. The van der Waals surface area contributed by atoms with Crippen LogP contribution in [0.15, 0.2) is 30.5 Å². The summed E-state index contributed by atoms with van der Waals surface area (Å²) >= 11 is 0. The summed E-state index contributed by atoms with van der Waals surface area (Å²) in [6, 6.07) is 6.70. The molecule has 2 aromatic rings. The van der Waals surface area contributed by atoms with Crippen LogP contribution in [0.4, 0.5) is 10.3 Å². The number of imidazole rings is 1. The Morgan fingerprint density at radius 3 is 2.85 bits per heavy atom. The largest absolute Gasteiger partial charge is 0.383 e. The second-order valence-electron chi connectivity index (χ2n) is 4.73. The lowest BCUT2D eigenvalue weighted by Gasteiger charge is -2.18. The van der Waals surface area contributed by atoms with Crippen LogP contribution in [0.25, 0.3) is 0 Å². The number of nitrogens with zero attached hydrogens (tertiary/aromatic N) is 2. The van der Waals surface area contributed by atoms with Crippen LogP contribution in [0, 0.1) is 12.7 Å². The Kier molecular flexibility index (Phi) is 4.74. The van der Waals surface area contributed by atoms with Crippen molar-refractivity contribution in [2.24, 2.45) is 0 Å². The van der Waals surface area contributed by atoms with Crippen molar-refractivity contribution in [2.45, 2.75) is 19.9 Å². The molecule has 1 atom stereocenters. The van der Waals surface area contributed by atoms with Gasteiger partial charge in [-0.25, -0.2) is 9.37 Å². The van der Waals surface area contributed by atoms with Crippen LogP contribution in [0.3, 0.4) is 0 Å². The van der Waals surface area contributed by atoms with E-state index in [1.165, 1.54) is 6.07 Å². The van der Waals surface area contributed by atoms with Crippen molar-refractivity contribution in [1.29, 1.82) is 0 Å². The topological polar surface area (TPSA) is 39.1 Å². The molecule has 2 rings (SSSR count). The van der Waals surface area contributed by atoms with Gasteiger partial charge in [-0.3, -0.25) is 0 Å². The first-order valence-electron chi connectivity index (χ1n) is 6.66. The maximum atomic E-state index is 13.9. The molecule has 0 saturated heterocycles. The molecule has 4 nitrogen and oxygen atoms in total. The molecule has 1 heterocycles. The van der Waals surface area contributed by atoms with E-state index in [2.05, 4.69) is 10.3 Å². The van der Waals surface area contributed by atoms with Gasteiger partial charge in [0, 0.05) is 25.4 Å². The molecule has 1 N–H and O–H groups in total. The van der Waals surface area contributed by atoms with Crippen LogP contribution in [-0.2, 0) is 4.74 Å². The number of rotatable bonds is 6. The van der Waals surface area contributed by atoms with Crippen LogP contribution in [0.5, 0.6) is 0 Å². The zero-order chi connectivity index (χ0) is 14.5. The highest BCUT2D eigenvalue weighted by Crippen LogP contribution is 2.24. The monoisotopic (exact) mass is 277 g/mol. The van der Waals surface area contributed by atoms with Crippen LogP contribution in [-0.4, -0.2) is 29.8 Å². The quantitative estimate of drug-likeness (QED) is 0.825. The fourth-order valence-corrected chi connectivity index (χ4v) is 2.17. The Balaban J connectivity index is 2.25. The lowest BCUT2D eigenvalue weighted by Crippen LogP contribution is -2.15. The third-order valence-corrected chi connectivity index (χ3v) is 3.21. The van der Waals surface area contributed by atoms with Gasteiger partial charge in [-0.15, -0.1) is 0 Å². The highest BCUT2D eigenvalue weighted by atomic mass is 19.1. The van der Waals surface area contributed by atoms with Gasteiger partial charge < -0.3 is 14.6 Å². The molecule has 0 radical (unpaired) electrons. The first-order chi connectivity index (χ1) is 9.63. The number of anilines is 1. The van der Waals surface area contributed by atoms with Crippen LogP contribution in [0.1, 0.15) is 24.2 Å². The maximum Gasteiger partial charge on any atom is 0.203 e. The standard InChI is InChI=1S/C15H20FN3O/c1-11-10-19(15(18-11)17-8-9-20-3)12(2)13-6-4-5-7-14(13)16/h4-7,10,12H,8-9H2,1-3H3,(H,17,18). The predicted molar refractivity (Wildman–Crippen MR) is 77.5 cm³/mol. The number of ether oxygens (including phenoxy) is 1. The van der Waals surface area contributed by atoms with Gasteiger partial charge in [-0.1, -0.05) is 18.2 Å². The van der Waals surface area contributed by atoms with Crippen molar-refractivity contribution in [3.05, 3.63) is 47.5 Å². The Morgan fingerprint density at radius 1 is 1.40 bits per heavy atom. The van der Waals surface area contributed by atoms with Gasteiger partial charge in [0.05, 0.1) is 18.3 Å². The smallest absolute Gasteiger partial charge is 0.203 e. The molecule has 20 heavy (non-hydrogen) atoms. The van der Waals surface area contributed by atoms with Crippen molar-refractivity contribution < 1.29 is 9.13 Å². The summed E-state index contributed by atoms with van der Waals surface area (Å²) in [5, 5.41) is 3.21. The molecular formula is C15H20FN3O. The number of hydrogen-bond acceptors (Lipinski definition) is 3. The fraction of sp³-hybridized carbons (Fsp3) is 0.400. The first kappa shape index (κ1) is 14.5. The molecule has 0 spiro atoms. The molecule has 0 aliphatic carbocycles. The Hall–Kier alpha value is -1.88. The molecular weight excluding hydrogens is 257 g/mol. The summed E-state index contributed by atoms with van der Waals surface area (Å²) in [6.07, 6.45) is 1.92. The molecule has 1 aromatic carbocycles. The van der Waals surface area contributed by atoms with Gasteiger partial charge in [-0.05, 0) is 19.9 Å². The van der Waals surface area contributed by atoms with Crippen molar-refractivity contribution >= 4 is 5.95 Å². The second kappa shape index (κ2) is 6.52. The molecule has 1 unspecified atom stereocenters. The summed E-state index contributed by atoms with van der Waals surface area (Å²) in [4.78, 5) is 4.43. The molecule has 1 aromatic heterocycles. The van der Waals surface area contributed by atoms with Gasteiger partial charge in [0.25, 0.3) is 0 Å². The Labute approximate surface area is 118 Å². The van der Waals surface area contributed by atoms with Gasteiger partial charge in [0.15, 0.2) is 0 Å². The summed E-state index contributed by atoms with van der Waals surface area (Å²) in [5.74, 6) is 0.532. The van der Waals surface area contributed by atoms with E-state index in [1.54, 1.807) is 19.2 Å². The second-order valence-corrected chi connectivity index (χ2v) is 4.73. The van der Waals surface area contributed by atoms with E-state index in [0.717, 1.165) is 11.6 Å². The summed E-state index contributed by atoms with van der Waals surface area (Å²) in [7, 11) is 1.65. The molecule has 0 saturated carbocycles. The van der Waals surface area contributed by atoms with Crippen molar-refractivity contribution in [3.8, 4) is 0 Å². The van der Waals surface area contributed by atoms with Crippen molar-refractivity contribution in [1.82, 2.24) is 9.55 Å². The van der Waals surface area contributed by atoms with E-state index in [0.29, 0.717) is 18.7 Å². The van der Waals surface area contributed by atoms with Gasteiger partial charge in [0.2, 0.25) is 5.95 Å². The molecule has 5 heteroatoms. The van der Waals surface area contributed by atoms with Crippen molar-refractivity contribution in [3.63, 3.8) is 0 Å². The highest BCUT2D eigenvalue weighted by Gasteiger charge is 2.16. The Bertz CT molecular complexity index is 568. The maximum absolute atomic E-state index is 13.9. The summed E-state index contributed by atoms with van der Waals surface area (Å²) in [6.45, 7) is 5.14. The van der Waals surface area contributed by atoms with E-state index in [1.807, 2.05) is 30.7 Å².